The average Bonchev–Trinajstić information content (AvgIpc) is 2.73. The van der Waals surface area contributed by atoms with Gasteiger partial charge >= 0.3 is 5.97 Å². The van der Waals surface area contributed by atoms with Gasteiger partial charge < -0.3 is 5.11 Å². The Bertz CT molecular complexity index is 255. The molecule has 2 saturated carbocycles. The van der Waals surface area contributed by atoms with Gasteiger partial charge in [-0.2, -0.15) is 0 Å². The van der Waals surface area contributed by atoms with Gasteiger partial charge in [0, 0.05) is 6.42 Å². The number of unbranched alkanes of at least 4 members (excludes halogenated alkanes) is 1. The van der Waals surface area contributed by atoms with E-state index in [-0.39, 0.29) is 6.42 Å². The van der Waals surface area contributed by atoms with E-state index in [4.69, 9.17) is 5.11 Å². The topological polar surface area (TPSA) is 37.3 Å². The normalized spacial score (nSPS) is 32.7. The zero-order chi connectivity index (χ0) is 9.97. The van der Waals surface area contributed by atoms with Gasteiger partial charge in [-0.05, 0) is 50.4 Å². The minimum absolute atomic E-state index is 0.192. The molecule has 1 radical (unpaired) electrons. The fourth-order valence-electron chi connectivity index (χ4n) is 2.79. The van der Waals surface area contributed by atoms with E-state index in [0.29, 0.717) is 0 Å². The molecule has 2 unspecified atom stereocenters. The number of hydrogen-bond donors (Lipinski definition) is 1. The van der Waals surface area contributed by atoms with Crippen molar-refractivity contribution in [1.82, 2.24) is 0 Å². The monoisotopic (exact) mass is 193 g/mol. The molecule has 0 aromatic carbocycles. The molecule has 14 heavy (non-hydrogen) atoms. The fourth-order valence-corrected chi connectivity index (χ4v) is 2.79. The van der Waals surface area contributed by atoms with Crippen LogP contribution in [-0.4, -0.2) is 11.1 Å². The third kappa shape index (κ3) is 2.17. The highest BCUT2D eigenvalue weighted by Gasteiger charge is 2.34. The van der Waals surface area contributed by atoms with E-state index in [9.17, 15) is 4.79 Å². The molecule has 0 aliphatic heterocycles. The molecule has 2 fully saturated rings. The zero-order valence-corrected chi connectivity index (χ0v) is 8.41. The van der Waals surface area contributed by atoms with Gasteiger partial charge in [-0.25, -0.2) is 0 Å². The summed E-state index contributed by atoms with van der Waals surface area (Å²) in [5.74, 6) is 1.07. The van der Waals surface area contributed by atoms with Gasteiger partial charge in [0.2, 0.25) is 0 Å². The molecule has 0 heterocycles. The molecule has 0 aromatic rings. The van der Waals surface area contributed by atoms with E-state index in [2.05, 4.69) is 6.08 Å². The summed E-state index contributed by atoms with van der Waals surface area (Å²) in [6.45, 7) is 0. The highest BCUT2D eigenvalue weighted by molar-refractivity contribution is 5.68. The Kier molecular flexibility index (Phi) is 2.90. The summed E-state index contributed by atoms with van der Waals surface area (Å²) < 4.78 is 0. The number of carbonyl (C=O) groups is 1. The summed E-state index contributed by atoms with van der Waals surface area (Å²) in [7, 11) is 0. The minimum Gasteiger partial charge on any atom is -0.481 e. The lowest BCUT2D eigenvalue weighted by Crippen LogP contribution is -1.98. The second-order valence-corrected chi connectivity index (χ2v) is 4.48. The number of rotatable bonds is 4. The Morgan fingerprint density at radius 1 is 1.50 bits per heavy atom. The zero-order valence-electron chi connectivity index (χ0n) is 8.41. The van der Waals surface area contributed by atoms with Gasteiger partial charge in [0.25, 0.3) is 0 Å². The maximum Gasteiger partial charge on any atom is 0.303 e. The molecule has 0 aromatic heterocycles. The van der Waals surface area contributed by atoms with Crippen LogP contribution < -0.4 is 0 Å². The summed E-state index contributed by atoms with van der Waals surface area (Å²) in [6, 6.07) is 0. The molecule has 2 rings (SSSR count). The van der Waals surface area contributed by atoms with Crippen LogP contribution in [0.5, 0.6) is 0 Å². The lowest BCUT2D eigenvalue weighted by Gasteiger charge is -2.12. The van der Waals surface area contributed by atoms with Crippen LogP contribution in [0.15, 0.2) is 11.6 Å². The smallest absolute Gasteiger partial charge is 0.303 e. The second kappa shape index (κ2) is 4.16. The molecule has 0 amide bonds. The summed E-state index contributed by atoms with van der Waals surface area (Å²) in [5.41, 5.74) is 1.60. The largest absolute Gasteiger partial charge is 0.481 e. The molecule has 77 valence electrons. The first-order valence-electron chi connectivity index (χ1n) is 5.48. The van der Waals surface area contributed by atoms with E-state index in [1.165, 1.54) is 25.7 Å². The maximum atomic E-state index is 10.3. The van der Waals surface area contributed by atoms with Crippen molar-refractivity contribution < 1.29 is 9.90 Å². The number of hydrogen-bond acceptors (Lipinski definition) is 1. The predicted molar refractivity (Wildman–Crippen MR) is 54.7 cm³/mol. The van der Waals surface area contributed by atoms with Crippen LogP contribution in [-0.2, 0) is 4.79 Å². The number of carboxylic acid groups (broad SMARTS) is 1. The Morgan fingerprint density at radius 2 is 2.36 bits per heavy atom. The number of allylic oxidation sites excluding steroid dienone is 2. The van der Waals surface area contributed by atoms with Gasteiger partial charge in [0.1, 0.15) is 0 Å². The molecule has 2 atom stereocenters. The average molecular weight is 193 g/mol. The van der Waals surface area contributed by atoms with Crippen LogP contribution in [0.3, 0.4) is 0 Å². The minimum atomic E-state index is -0.726. The third-order valence-electron chi connectivity index (χ3n) is 3.46. The highest BCUT2D eigenvalue weighted by Crippen LogP contribution is 2.47. The van der Waals surface area contributed by atoms with Crippen LogP contribution in [0.25, 0.3) is 0 Å². The fraction of sp³-hybridized carbons (Fsp3) is 0.667. The van der Waals surface area contributed by atoms with Crippen molar-refractivity contribution >= 4 is 5.97 Å². The van der Waals surface area contributed by atoms with E-state index in [1.807, 2.05) is 6.42 Å². The van der Waals surface area contributed by atoms with Crippen LogP contribution in [0.1, 0.15) is 38.5 Å². The SMILES string of the molecule is O=C(O)C[CH]CC=C1CC2CCC1C2. The van der Waals surface area contributed by atoms with Gasteiger partial charge in [-0.15, -0.1) is 0 Å². The first-order chi connectivity index (χ1) is 6.75. The number of carboxylic acids is 1. The Balaban J connectivity index is 1.73. The molecule has 2 aliphatic carbocycles. The van der Waals surface area contributed by atoms with Crippen LogP contribution in [0.2, 0.25) is 0 Å². The molecule has 2 heteroatoms. The third-order valence-corrected chi connectivity index (χ3v) is 3.46. The molecular formula is C12H17O2. The quantitative estimate of drug-likeness (QED) is 0.550. The molecule has 0 saturated heterocycles. The summed E-state index contributed by atoms with van der Waals surface area (Å²) in [6.07, 6.45) is 10.6. The lowest BCUT2D eigenvalue weighted by atomic mass is 9.94. The van der Waals surface area contributed by atoms with Crippen LogP contribution in [0.4, 0.5) is 0 Å². The molecule has 2 aliphatic rings. The highest BCUT2D eigenvalue weighted by atomic mass is 16.4. The standard InChI is InChI=1S/C12H17O2/c13-12(14)4-2-1-3-10-7-9-5-6-11(10)8-9/h2-3,9,11H,1,4-8H2,(H,13,14). The Morgan fingerprint density at radius 3 is 2.93 bits per heavy atom. The number of aliphatic carboxylic acids is 1. The van der Waals surface area contributed by atoms with E-state index >= 15 is 0 Å². The van der Waals surface area contributed by atoms with Crippen molar-refractivity contribution in [1.29, 1.82) is 0 Å². The van der Waals surface area contributed by atoms with Crippen LogP contribution in [0, 0.1) is 18.3 Å². The first-order valence-corrected chi connectivity index (χ1v) is 5.48. The summed E-state index contributed by atoms with van der Waals surface area (Å²) in [5, 5.41) is 8.46. The van der Waals surface area contributed by atoms with Crippen LogP contribution >= 0.6 is 0 Å². The summed E-state index contributed by atoms with van der Waals surface area (Å²) >= 11 is 0. The molecule has 2 bridgehead atoms. The lowest BCUT2D eigenvalue weighted by molar-refractivity contribution is -0.136. The Hall–Kier alpha value is -0.790. The number of fused-ring (bicyclic) bond motifs is 2. The Labute approximate surface area is 85.0 Å². The molecule has 2 nitrogen and oxygen atoms in total. The van der Waals surface area contributed by atoms with Gasteiger partial charge in [0.05, 0.1) is 0 Å². The van der Waals surface area contributed by atoms with E-state index in [0.717, 1.165) is 18.3 Å². The summed E-state index contributed by atoms with van der Waals surface area (Å²) in [4.78, 5) is 10.3. The van der Waals surface area contributed by atoms with E-state index in [1.54, 1.807) is 5.57 Å². The van der Waals surface area contributed by atoms with E-state index < -0.39 is 5.97 Å². The van der Waals surface area contributed by atoms with Gasteiger partial charge in [0.15, 0.2) is 0 Å². The first kappa shape index (κ1) is 9.75. The van der Waals surface area contributed by atoms with Gasteiger partial charge in [-0.1, -0.05) is 11.6 Å². The van der Waals surface area contributed by atoms with Crippen molar-refractivity contribution in [3.63, 3.8) is 0 Å². The van der Waals surface area contributed by atoms with Crippen molar-refractivity contribution in [3.8, 4) is 0 Å². The van der Waals surface area contributed by atoms with Crippen molar-refractivity contribution in [3.05, 3.63) is 18.1 Å². The predicted octanol–water partition coefficient (Wildman–Crippen LogP) is 2.80. The van der Waals surface area contributed by atoms with Gasteiger partial charge in [-0.3, -0.25) is 4.79 Å². The van der Waals surface area contributed by atoms with Crippen molar-refractivity contribution in [2.75, 3.05) is 0 Å². The van der Waals surface area contributed by atoms with Crippen molar-refractivity contribution in [2.24, 2.45) is 11.8 Å². The molecule has 1 N–H and O–H groups in total. The molecule has 0 spiro atoms. The maximum absolute atomic E-state index is 10.3. The second-order valence-electron chi connectivity index (χ2n) is 4.48. The van der Waals surface area contributed by atoms with Crippen molar-refractivity contribution in [2.45, 2.75) is 38.5 Å². The molecular weight excluding hydrogens is 176 g/mol.